The van der Waals surface area contributed by atoms with E-state index in [1.165, 1.54) is 5.56 Å². The molecule has 0 bridgehead atoms. The molecule has 0 radical (unpaired) electrons. The third-order valence-electron chi connectivity index (χ3n) is 8.04. The van der Waals surface area contributed by atoms with Gasteiger partial charge in [-0.1, -0.05) is 25.1 Å². The van der Waals surface area contributed by atoms with Crippen molar-refractivity contribution in [3.8, 4) is 5.75 Å². The Morgan fingerprint density at radius 2 is 1.86 bits per heavy atom. The number of ether oxygens (including phenoxy) is 2. The number of likely N-dealkylation sites (N-methyl/N-ethyl adjacent to an activating group) is 1. The van der Waals surface area contributed by atoms with Crippen molar-refractivity contribution in [3.05, 3.63) is 89.7 Å². The van der Waals surface area contributed by atoms with Crippen molar-refractivity contribution >= 4 is 17.5 Å². The molecule has 236 valence electrons. The maximum Gasteiger partial charge on any atom is 0.258 e. The fraction of sp³-hybridized carbons (Fsp3) is 0.457. The minimum Gasteiger partial charge on any atom is -0.490 e. The van der Waals surface area contributed by atoms with Crippen LogP contribution in [0.15, 0.2) is 73.1 Å². The Balaban J connectivity index is 1.61. The number of pyridine rings is 1. The van der Waals surface area contributed by atoms with E-state index < -0.39 is 6.04 Å². The number of carbonyl (C=O) groups is 2. The molecule has 44 heavy (non-hydrogen) atoms. The van der Waals surface area contributed by atoms with Gasteiger partial charge >= 0.3 is 0 Å². The first kappa shape index (κ1) is 33.1. The van der Waals surface area contributed by atoms with Crippen molar-refractivity contribution in [1.29, 1.82) is 0 Å². The molecule has 9 heteroatoms. The zero-order valence-corrected chi connectivity index (χ0v) is 26.3. The van der Waals surface area contributed by atoms with E-state index in [0.29, 0.717) is 42.3 Å². The number of anilines is 1. The van der Waals surface area contributed by atoms with Crippen LogP contribution in [0, 0.1) is 5.92 Å². The smallest absolute Gasteiger partial charge is 0.258 e. The molecule has 1 aliphatic heterocycles. The van der Waals surface area contributed by atoms with Crippen molar-refractivity contribution in [2.24, 2.45) is 5.92 Å². The third-order valence-corrected chi connectivity index (χ3v) is 8.04. The van der Waals surface area contributed by atoms with Crippen LogP contribution in [0.5, 0.6) is 5.75 Å². The van der Waals surface area contributed by atoms with Gasteiger partial charge in [-0.2, -0.15) is 0 Å². The van der Waals surface area contributed by atoms with Crippen LogP contribution in [0.4, 0.5) is 5.69 Å². The van der Waals surface area contributed by atoms with Crippen LogP contribution in [0.2, 0.25) is 0 Å². The molecule has 9 nitrogen and oxygen atoms in total. The summed E-state index contributed by atoms with van der Waals surface area (Å²) < 4.78 is 12.8. The van der Waals surface area contributed by atoms with Crippen LogP contribution in [-0.2, 0) is 11.3 Å². The van der Waals surface area contributed by atoms with Crippen molar-refractivity contribution in [3.63, 3.8) is 0 Å². The number of benzene rings is 2. The van der Waals surface area contributed by atoms with Gasteiger partial charge in [-0.15, -0.1) is 0 Å². The lowest BCUT2D eigenvalue weighted by Crippen LogP contribution is -2.47. The van der Waals surface area contributed by atoms with Crippen LogP contribution in [0.25, 0.3) is 0 Å². The molecule has 0 spiro atoms. The van der Waals surface area contributed by atoms with Gasteiger partial charge in [0.25, 0.3) is 11.8 Å². The van der Waals surface area contributed by atoms with E-state index in [9.17, 15) is 14.7 Å². The quantitative estimate of drug-likeness (QED) is 0.363. The molecule has 1 aliphatic rings. The number of rotatable bonds is 8. The Bertz CT molecular complexity index is 1340. The summed E-state index contributed by atoms with van der Waals surface area (Å²) in [6.45, 7) is 8.18. The van der Waals surface area contributed by atoms with E-state index in [0.717, 1.165) is 25.8 Å². The Hall–Kier alpha value is -3.79. The number of hydrogen-bond acceptors (Lipinski definition) is 7. The molecule has 0 aliphatic carbocycles. The lowest BCUT2D eigenvalue weighted by Gasteiger charge is -2.36. The van der Waals surface area contributed by atoms with Crippen LogP contribution in [0.1, 0.15) is 66.3 Å². The Morgan fingerprint density at radius 1 is 1.11 bits per heavy atom. The minimum absolute atomic E-state index is 0.0277. The summed E-state index contributed by atoms with van der Waals surface area (Å²) in [5, 5.41) is 13.1. The van der Waals surface area contributed by atoms with Gasteiger partial charge in [0.15, 0.2) is 0 Å². The second-order valence-electron chi connectivity index (χ2n) is 11.9. The van der Waals surface area contributed by atoms with Crippen LogP contribution >= 0.6 is 0 Å². The maximum atomic E-state index is 14.3. The maximum absolute atomic E-state index is 14.3. The summed E-state index contributed by atoms with van der Waals surface area (Å²) in [7, 11) is 2.07. The standard InChI is InChI=1S/C35H46N4O5/c1-25-21-39(26(2)24-40)35(42)31-20-30(37-34(41)29-11-6-5-7-12-29)13-14-32(31)44-27(3)10-8-9-19-43-33(25)23-38(4)22-28-15-17-36-18-16-28/h5-7,11-18,20,25-27,33,40H,8-10,19,21-24H2,1-4H3,(H,37,41)/t25-,26-,27+,33+/m1/s1. The van der Waals surface area contributed by atoms with Crippen molar-refractivity contribution in [2.75, 3.05) is 38.7 Å². The summed E-state index contributed by atoms with van der Waals surface area (Å²) in [5.41, 5.74) is 2.53. The van der Waals surface area contributed by atoms with Gasteiger partial charge in [0, 0.05) is 55.8 Å². The second kappa shape index (κ2) is 16.3. The number of amides is 2. The Morgan fingerprint density at radius 3 is 2.59 bits per heavy atom. The number of aliphatic hydroxyl groups excluding tert-OH is 1. The van der Waals surface area contributed by atoms with E-state index in [2.05, 4.69) is 29.2 Å². The zero-order chi connectivity index (χ0) is 31.5. The highest BCUT2D eigenvalue weighted by molar-refractivity contribution is 6.05. The van der Waals surface area contributed by atoms with E-state index in [1.54, 1.807) is 59.8 Å². The first-order chi connectivity index (χ1) is 21.2. The molecule has 2 aromatic carbocycles. The van der Waals surface area contributed by atoms with Crippen LogP contribution in [0.3, 0.4) is 0 Å². The summed E-state index contributed by atoms with van der Waals surface area (Å²) >= 11 is 0. The molecule has 4 atom stereocenters. The average Bonchev–Trinajstić information content (AvgIpc) is 3.03. The van der Waals surface area contributed by atoms with E-state index >= 15 is 0 Å². The highest BCUT2D eigenvalue weighted by Crippen LogP contribution is 2.29. The number of aromatic nitrogens is 1. The number of nitrogens with one attached hydrogen (secondary N) is 1. The fourth-order valence-corrected chi connectivity index (χ4v) is 5.43. The monoisotopic (exact) mass is 602 g/mol. The highest BCUT2D eigenvalue weighted by Gasteiger charge is 2.30. The predicted octanol–water partition coefficient (Wildman–Crippen LogP) is 5.26. The van der Waals surface area contributed by atoms with E-state index in [4.69, 9.17) is 9.47 Å². The third kappa shape index (κ3) is 9.35. The lowest BCUT2D eigenvalue weighted by molar-refractivity contribution is -0.0177. The first-order valence-electron chi connectivity index (χ1n) is 15.5. The summed E-state index contributed by atoms with van der Waals surface area (Å²) in [6, 6.07) is 17.7. The Labute approximate surface area is 261 Å². The topological polar surface area (TPSA) is 104 Å². The number of carbonyl (C=O) groups excluding carboxylic acids is 2. The van der Waals surface area contributed by atoms with Crippen LogP contribution in [-0.4, -0.2) is 83.3 Å². The van der Waals surface area contributed by atoms with Crippen molar-refractivity contribution < 1.29 is 24.2 Å². The van der Waals surface area contributed by atoms with Gasteiger partial charge in [-0.3, -0.25) is 19.5 Å². The zero-order valence-electron chi connectivity index (χ0n) is 26.3. The minimum atomic E-state index is -0.444. The number of aliphatic hydroxyl groups is 1. The number of hydrogen-bond donors (Lipinski definition) is 2. The molecule has 2 amide bonds. The molecule has 0 fully saturated rings. The van der Waals surface area contributed by atoms with Gasteiger partial charge in [-0.05, 0) is 88.2 Å². The molecule has 0 saturated heterocycles. The first-order valence-corrected chi connectivity index (χ1v) is 15.5. The molecule has 0 unspecified atom stereocenters. The second-order valence-corrected chi connectivity index (χ2v) is 11.9. The molecule has 0 saturated carbocycles. The van der Waals surface area contributed by atoms with Crippen molar-refractivity contribution in [1.82, 2.24) is 14.8 Å². The van der Waals surface area contributed by atoms with Gasteiger partial charge in [-0.25, -0.2) is 0 Å². The molecule has 4 rings (SSSR count). The number of fused-ring (bicyclic) bond motifs is 1. The molecule has 2 heterocycles. The molecule has 2 N–H and O–H groups in total. The molecule has 3 aromatic rings. The predicted molar refractivity (Wildman–Crippen MR) is 172 cm³/mol. The van der Waals surface area contributed by atoms with E-state index in [-0.39, 0.29) is 36.5 Å². The largest absolute Gasteiger partial charge is 0.490 e. The Kier molecular flexibility index (Phi) is 12.3. The summed E-state index contributed by atoms with van der Waals surface area (Å²) in [4.78, 5) is 35.3. The average molecular weight is 603 g/mol. The molecular formula is C35H46N4O5. The van der Waals surface area contributed by atoms with E-state index in [1.807, 2.05) is 32.0 Å². The van der Waals surface area contributed by atoms with Gasteiger partial charge in [0.2, 0.25) is 0 Å². The molecule has 1 aromatic heterocycles. The highest BCUT2D eigenvalue weighted by atomic mass is 16.5. The van der Waals surface area contributed by atoms with Gasteiger partial charge < -0.3 is 24.8 Å². The van der Waals surface area contributed by atoms with Gasteiger partial charge in [0.1, 0.15) is 5.75 Å². The van der Waals surface area contributed by atoms with Gasteiger partial charge in [0.05, 0.1) is 30.4 Å². The summed E-state index contributed by atoms with van der Waals surface area (Å²) in [5.74, 6) is -0.0967. The fourth-order valence-electron chi connectivity index (χ4n) is 5.43. The molecular weight excluding hydrogens is 556 g/mol. The normalized spacial score (nSPS) is 20.7. The number of nitrogens with zero attached hydrogens (tertiary/aromatic N) is 3. The summed E-state index contributed by atoms with van der Waals surface area (Å²) in [6.07, 6.45) is 5.97. The van der Waals surface area contributed by atoms with Crippen LogP contribution < -0.4 is 10.1 Å². The SMILES string of the molecule is C[C@@H]1CN([C@H](C)CO)C(=O)c2cc(NC(=O)c3ccccc3)ccc2O[C@@H](C)CCCCO[C@H]1CN(C)Cc1ccncc1. The van der Waals surface area contributed by atoms with Crippen molar-refractivity contribution in [2.45, 2.75) is 64.8 Å². The lowest BCUT2D eigenvalue weighted by atomic mass is 10.0.